The summed E-state index contributed by atoms with van der Waals surface area (Å²) in [5, 5.41) is 0. The van der Waals surface area contributed by atoms with Crippen molar-refractivity contribution in [1.29, 1.82) is 0 Å². The van der Waals surface area contributed by atoms with Gasteiger partial charge in [-0.3, -0.25) is 4.98 Å². The molecule has 1 aromatic rings. The number of hydrogen-bond acceptors (Lipinski definition) is 1. The minimum Gasteiger partial charge on any atom is -0.257 e. The minimum atomic E-state index is 1.13. The normalized spacial score (nSPS) is 10.8. The van der Waals surface area contributed by atoms with Crippen LogP contribution < -0.4 is 0 Å². The van der Waals surface area contributed by atoms with Gasteiger partial charge < -0.3 is 0 Å². The van der Waals surface area contributed by atoms with Crippen molar-refractivity contribution in [1.82, 2.24) is 4.98 Å². The molecule has 0 radical (unpaired) electrons. The summed E-state index contributed by atoms with van der Waals surface area (Å²) in [5.41, 5.74) is 6.64. The number of pyridine rings is 1. The van der Waals surface area contributed by atoms with E-state index in [0.717, 1.165) is 12.1 Å². The second-order valence-corrected chi connectivity index (χ2v) is 5.78. The Hall–Kier alpha value is -1.11. The highest BCUT2D eigenvalue weighted by Gasteiger charge is 2.12. The van der Waals surface area contributed by atoms with Crippen LogP contribution >= 0.6 is 0 Å². The van der Waals surface area contributed by atoms with Gasteiger partial charge in [0.2, 0.25) is 0 Å². The molecule has 0 aromatic carbocycles. The summed E-state index contributed by atoms with van der Waals surface area (Å²) in [6, 6.07) is 0. The van der Waals surface area contributed by atoms with Crippen LogP contribution in [-0.2, 0) is 12.8 Å². The average Bonchev–Trinajstić information content (AvgIpc) is 2.42. The van der Waals surface area contributed by atoms with Crippen molar-refractivity contribution in [2.75, 3.05) is 0 Å². The topological polar surface area (TPSA) is 12.9 Å². The van der Waals surface area contributed by atoms with Crippen LogP contribution in [0, 0.1) is 13.8 Å². The third-order valence-electron chi connectivity index (χ3n) is 4.15. The molecule has 1 rings (SSSR count). The summed E-state index contributed by atoms with van der Waals surface area (Å²) < 4.78 is 0. The Morgan fingerprint density at radius 3 is 2.10 bits per heavy atom. The number of aryl methyl sites for hydroxylation is 2. The lowest BCUT2D eigenvalue weighted by Crippen LogP contribution is -2.06. The van der Waals surface area contributed by atoms with Crippen LogP contribution in [0.25, 0.3) is 6.08 Å². The molecule has 0 aliphatic carbocycles. The predicted octanol–water partition coefficient (Wildman–Crippen LogP) is 5.81. The van der Waals surface area contributed by atoms with Gasteiger partial charge >= 0.3 is 0 Å². The average molecular weight is 273 g/mol. The number of rotatable bonds is 9. The van der Waals surface area contributed by atoms with E-state index < -0.39 is 0 Å². The van der Waals surface area contributed by atoms with Gasteiger partial charge in [0.25, 0.3) is 0 Å². The second kappa shape index (κ2) is 8.94. The Morgan fingerprint density at radius 1 is 0.950 bits per heavy atom. The third kappa shape index (κ3) is 4.47. The summed E-state index contributed by atoms with van der Waals surface area (Å²) in [6.07, 6.45) is 12.0. The molecule has 0 atom stereocenters. The standard InChI is InChI=1S/C19H31N/c1-6-9-11-13-18-15(4)17(8-3)16(5)20-19(18)14-12-10-7-2/h8H,3,6-7,9-14H2,1-2,4-5H3. The van der Waals surface area contributed by atoms with Crippen LogP contribution in [0.3, 0.4) is 0 Å². The zero-order valence-electron chi connectivity index (χ0n) is 13.9. The summed E-state index contributed by atoms with van der Waals surface area (Å²) in [6.45, 7) is 12.8. The molecule has 0 aliphatic rings. The summed E-state index contributed by atoms with van der Waals surface area (Å²) >= 11 is 0. The number of hydrogen-bond donors (Lipinski definition) is 0. The molecule has 112 valence electrons. The van der Waals surface area contributed by atoms with Crippen LogP contribution in [0.4, 0.5) is 0 Å². The van der Waals surface area contributed by atoms with E-state index in [1.807, 2.05) is 6.08 Å². The first-order valence-electron chi connectivity index (χ1n) is 8.27. The minimum absolute atomic E-state index is 1.13. The fourth-order valence-electron chi connectivity index (χ4n) is 2.91. The fraction of sp³-hybridized carbons (Fsp3) is 0.632. The van der Waals surface area contributed by atoms with Crippen molar-refractivity contribution >= 4 is 6.08 Å². The van der Waals surface area contributed by atoms with Gasteiger partial charge in [-0.2, -0.15) is 0 Å². The van der Waals surface area contributed by atoms with Crippen LogP contribution in [-0.4, -0.2) is 4.98 Å². The Bertz CT molecular complexity index is 432. The quantitative estimate of drug-likeness (QED) is 0.518. The number of aromatic nitrogens is 1. The van der Waals surface area contributed by atoms with E-state index in [4.69, 9.17) is 4.98 Å². The summed E-state index contributed by atoms with van der Waals surface area (Å²) in [4.78, 5) is 4.88. The first-order valence-corrected chi connectivity index (χ1v) is 8.27. The molecular weight excluding hydrogens is 242 g/mol. The lowest BCUT2D eigenvalue weighted by atomic mass is 9.93. The molecule has 20 heavy (non-hydrogen) atoms. The molecule has 1 nitrogen and oxygen atoms in total. The summed E-state index contributed by atoms with van der Waals surface area (Å²) in [5.74, 6) is 0. The maximum absolute atomic E-state index is 4.88. The number of nitrogens with zero attached hydrogens (tertiary/aromatic N) is 1. The molecule has 0 saturated heterocycles. The fourth-order valence-corrected chi connectivity index (χ4v) is 2.91. The molecule has 0 spiro atoms. The summed E-state index contributed by atoms with van der Waals surface area (Å²) in [7, 11) is 0. The smallest absolute Gasteiger partial charge is 0.0450 e. The van der Waals surface area contributed by atoms with Gasteiger partial charge in [-0.25, -0.2) is 0 Å². The molecule has 1 aromatic heterocycles. The highest BCUT2D eigenvalue weighted by atomic mass is 14.7. The maximum atomic E-state index is 4.88. The van der Waals surface area contributed by atoms with Gasteiger partial charge in [0.15, 0.2) is 0 Å². The molecule has 0 bridgehead atoms. The van der Waals surface area contributed by atoms with Crippen molar-refractivity contribution in [2.45, 2.75) is 79.1 Å². The van der Waals surface area contributed by atoms with Gasteiger partial charge in [0, 0.05) is 11.4 Å². The molecule has 0 saturated carbocycles. The van der Waals surface area contributed by atoms with Crippen molar-refractivity contribution in [3.05, 3.63) is 34.7 Å². The highest BCUT2D eigenvalue weighted by molar-refractivity contribution is 5.57. The Kier molecular flexibility index (Phi) is 7.58. The molecule has 1 heterocycles. The largest absolute Gasteiger partial charge is 0.257 e. The Labute approximate surface area is 125 Å². The SMILES string of the molecule is C=Cc1c(C)nc(CCCCC)c(CCCCC)c1C. The Morgan fingerprint density at radius 2 is 1.55 bits per heavy atom. The van der Waals surface area contributed by atoms with Gasteiger partial charge in [0.1, 0.15) is 0 Å². The first-order chi connectivity index (χ1) is 9.65. The molecule has 1 heteroatoms. The monoisotopic (exact) mass is 273 g/mol. The van der Waals surface area contributed by atoms with Crippen LogP contribution in [0.5, 0.6) is 0 Å². The van der Waals surface area contributed by atoms with E-state index in [9.17, 15) is 0 Å². The third-order valence-corrected chi connectivity index (χ3v) is 4.15. The molecular formula is C19H31N. The maximum Gasteiger partial charge on any atom is 0.0450 e. The first kappa shape index (κ1) is 16.9. The van der Waals surface area contributed by atoms with E-state index in [1.54, 1.807) is 0 Å². The molecule has 0 fully saturated rings. The van der Waals surface area contributed by atoms with Crippen molar-refractivity contribution in [2.24, 2.45) is 0 Å². The highest BCUT2D eigenvalue weighted by Crippen LogP contribution is 2.24. The lowest BCUT2D eigenvalue weighted by Gasteiger charge is -2.16. The molecule has 0 aliphatic heterocycles. The van der Waals surface area contributed by atoms with Crippen molar-refractivity contribution in [3.63, 3.8) is 0 Å². The van der Waals surface area contributed by atoms with E-state index in [0.29, 0.717) is 0 Å². The molecule has 0 N–H and O–H groups in total. The second-order valence-electron chi connectivity index (χ2n) is 5.78. The van der Waals surface area contributed by atoms with Gasteiger partial charge in [-0.15, -0.1) is 0 Å². The van der Waals surface area contributed by atoms with Crippen LogP contribution in [0.15, 0.2) is 6.58 Å². The predicted molar refractivity (Wildman–Crippen MR) is 90.3 cm³/mol. The van der Waals surface area contributed by atoms with Crippen LogP contribution in [0.2, 0.25) is 0 Å². The number of unbranched alkanes of at least 4 members (excludes halogenated alkanes) is 4. The molecule has 0 amide bonds. The van der Waals surface area contributed by atoms with Gasteiger partial charge in [-0.1, -0.05) is 52.2 Å². The zero-order valence-corrected chi connectivity index (χ0v) is 13.9. The molecule has 0 unspecified atom stereocenters. The lowest BCUT2D eigenvalue weighted by molar-refractivity contribution is 0.679. The van der Waals surface area contributed by atoms with Gasteiger partial charge in [-0.05, 0) is 56.2 Å². The van der Waals surface area contributed by atoms with E-state index in [2.05, 4.69) is 34.3 Å². The van der Waals surface area contributed by atoms with E-state index in [1.165, 1.54) is 67.3 Å². The van der Waals surface area contributed by atoms with Crippen molar-refractivity contribution < 1.29 is 0 Å². The van der Waals surface area contributed by atoms with E-state index in [-0.39, 0.29) is 0 Å². The van der Waals surface area contributed by atoms with E-state index >= 15 is 0 Å². The van der Waals surface area contributed by atoms with Crippen molar-refractivity contribution in [3.8, 4) is 0 Å². The Balaban J connectivity index is 3.01. The van der Waals surface area contributed by atoms with Gasteiger partial charge in [0.05, 0.1) is 0 Å². The zero-order chi connectivity index (χ0) is 15.0. The van der Waals surface area contributed by atoms with Crippen LogP contribution in [0.1, 0.15) is 80.5 Å².